The van der Waals surface area contributed by atoms with Gasteiger partial charge in [0.25, 0.3) is 0 Å². The van der Waals surface area contributed by atoms with Crippen LogP contribution in [0.4, 0.5) is 5.82 Å². The molecule has 1 rings (SSSR count). The van der Waals surface area contributed by atoms with Gasteiger partial charge in [-0.25, -0.2) is 9.97 Å². The van der Waals surface area contributed by atoms with Gasteiger partial charge in [-0.15, -0.1) is 0 Å². The lowest BCUT2D eigenvalue weighted by atomic mass is 10.3. The quantitative estimate of drug-likeness (QED) is 0.844. The number of hydrogen-bond donors (Lipinski definition) is 2. The Hall–Kier alpha value is -0.680. The first-order valence-corrected chi connectivity index (χ1v) is 4.79. The Morgan fingerprint density at radius 1 is 1.69 bits per heavy atom. The van der Waals surface area contributed by atoms with Crippen LogP contribution < -0.4 is 5.32 Å². The number of nitrogens with zero attached hydrogens (tertiary/aromatic N) is 2. The van der Waals surface area contributed by atoms with Crippen LogP contribution in [0, 0.1) is 6.92 Å². The molecule has 0 saturated carbocycles. The largest absolute Gasteiger partial charge is 0.394 e. The lowest BCUT2D eigenvalue weighted by Crippen LogP contribution is -2.20. The molecule has 0 aliphatic rings. The van der Waals surface area contributed by atoms with Gasteiger partial charge in [-0.1, -0.05) is 0 Å². The van der Waals surface area contributed by atoms with E-state index in [0.717, 1.165) is 4.47 Å². The highest BCUT2D eigenvalue weighted by molar-refractivity contribution is 9.10. The van der Waals surface area contributed by atoms with Crippen LogP contribution in [0.1, 0.15) is 12.7 Å². The lowest BCUT2D eigenvalue weighted by Gasteiger charge is -2.12. The van der Waals surface area contributed by atoms with Gasteiger partial charge < -0.3 is 10.4 Å². The zero-order valence-corrected chi connectivity index (χ0v) is 9.17. The molecular formula is C8H12BrN3O. The Labute approximate surface area is 85.5 Å². The maximum Gasteiger partial charge on any atom is 0.144 e. The van der Waals surface area contributed by atoms with Gasteiger partial charge in [-0.3, -0.25) is 0 Å². The third-order valence-electron chi connectivity index (χ3n) is 1.52. The third-order valence-corrected chi connectivity index (χ3v) is 2.10. The zero-order valence-electron chi connectivity index (χ0n) is 7.58. The minimum atomic E-state index is -0.00870. The smallest absolute Gasteiger partial charge is 0.144 e. The van der Waals surface area contributed by atoms with Crippen molar-refractivity contribution in [3.8, 4) is 0 Å². The Morgan fingerprint density at radius 3 is 3.00 bits per heavy atom. The number of rotatable bonds is 3. The summed E-state index contributed by atoms with van der Waals surface area (Å²) >= 11 is 3.32. The Balaban J connectivity index is 2.81. The maximum absolute atomic E-state index is 8.84. The second kappa shape index (κ2) is 4.53. The molecule has 4 nitrogen and oxygen atoms in total. The van der Waals surface area contributed by atoms with Crippen molar-refractivity contribution >= 4 is 21.7 Å². The van der Waals surface area contributed by atoms with Gasteiger partial charge in [-0.05, 0) is 29.8 Å². The molecule has 13 heavy (non-hydrogen) atoms. The second-order valence-corrected chi connectivity index (χ2v) is 3.70. The average Bonchev–Trinajstić information content (AvgIpc) is 2.11. The van der Waals surface area contributed by atoms with Crippen LogP contribution in [-0.4, -0.2) is 27.7 Å². The number of anilines is 1. The summed E-state index contributed by atoms with van der Waals surface area (Å²) in [6.07, 6.45) is 1.69. The standard InChI is InChI=1S/C8H12BrN3O/c1-5(4-13)11-8-7(9)3-10-6(2)12-8/h3,5,13H,4H2,1-2H3,(H,10,11,12). The summed E-state index contributed by atoms with van der Waals surface area (Å²) < 4.78 is 0.804. The van der Waals surface area contributed by atoms with E-state index in [1.165, 1.54) is 0 Å². The zero-order chi connectivity index (χ0) is 9.84. The first kappa shape index (κ1) is 10.4. The topological polar surface area (TPSA) is 58.0 Å². The molecule has 0 spiro atoms. The van der Waals surface area contributed by atoms with Crippen molar-refractivity contribution in [2.75, 3.05) is 11.9 Å². The maximum atomic E-state index is 8.84. The molecule has 2 N–H and O–H groups in total. The highest BCUT2D eigenvalue weighted by Crippen LogP contribution is 2.18. The van der Waals surface area contributed by atoms with E-state index in [0.29, 0.717) is 11.6 Å². The predicted octanol–water partition coefficient (Wildman–Crippen LogP) is 1.34. The number of halogens is 1. The summed E-state index contributed by atoms with van der Waals surface area (Å²) in [5.74, 6) is 1.42. The summed E-state index contributed by atoms with van der Waals surface area (Å²) in [7, 11) is 0. The van der Waals surface area contributed by atoms with Crippen molar-refractivity contribution in [2.24, 2.45) is 0 Å². The SMILES string of the molecule is Cc1ncc(Br)c(NC(C)CO)n1. The highest BCUT2D eigenvalue weighted by Gasteiger charge is 2.05. The molecule has 0 radical (unpaired) electrons. The lowest BCUT2D eigenvalue weighted by molar-refractivity contribution is 0.281. The van der Waals surface area contributed by atoms with Crippen LogP contribution in [-0.2, 0) is 0 Å². The van der Waals surface area contributed by atoms with E-state index < -0.39 is 0 Å². The van der Waals surface area contributed by atoms with Gasteiger partial charge in [0, 0.05) is 12.2 Å². The molecule has 5 heteroatoms. The molecule has 0 aliphatic carbocycles. The molecule has 1 aromatic heterocycles. The van der Waals surface area contributed by atoms with Crippen molar-refractivity contribution in [1.82, 2.24) is 9.97 Å². The van der Waals surface area contributed by atoms with Crippen LogP contribution in [0.25, 0.3) is 0 Å². The van der Waals surface area contributed by atoms with Gasteiger partial charge >= 0.3 is 0 Å². The third kappa shape index (κ3) is 2.93. The molecule has 1 aromatic rings. The average molecular weight is 246 g/mol. The fraction of sp³-hybridized carbons (Fsp3) is 0.500. The fourth-order valence-corrected chi connectivity index (χ4v) is 1.14. The van der Waals surface area contributed by atoms with Crippen molar-refractivity contribution in [2.45, 2.75) is 19.9 Å². The van der Waals surface area contributed by atoms with Crippen LogP contribution >= 0.6 is 15.9 Å². The van der Waals surface area contributed by atoms with Crippen molar-refractivity contribution < 1.29 is 5.11 Å². The molecule has 1 atom stereocenters. The molecule has 72 valence electrons. The molecular weight excluding hydrogens is 234 g/mol. The first-order chi connectivity index (χ1) is 6.13. The van der Waals surface area contributed by atoms with Gasteiger partial charge in [0.15, 0.2) is 0 Å². The normalized spacial score (nSPS) is 12.6. The predicted molar refractivity (Wildman–Crippen MR) is 54.6 cm³/mol. The highest BCUT2D eigenvalue weighted by atomic mass is 79.9. The van der Waals surface area contributed by atoms with Gasteiger partial charge in [-0.2, -0.15) is 0 Å². The van der Waals surface area contributed by atoms with Crippen LogP contribution in [0.2, 0.25) is 0 Å². The minimum absolute atomic E-state index is 0.00870. The number of aliphatic hydroxyl groups is 1. The van der Waals surface area contributed by atoms with E-state index in [2.05, 4.69) is 31.2 Å². The van der Waals surface area contributed by atoms with Gasteiger partial charge in [0.1, 0.15) is 11.6 Å². The van der Waals surface area contributed by atoms with Crippen molar-refractivity contribution in [3.63, 3.8) is 0 Å². The Bertz CT molecular complexity index is 293. The molecule has 1 unspecified atom stereocenters. The van der Waals surface area contributed by atoms with Crippen molar-refractivity contribution in [1.29, 1.82) is 0 Å². The summed E-state index contributed by atoms with van der Waals surface area (Å²) in [5.41, 5.74) is 0. The van der Waals surface area contributed by atoms with Crippen LogP contribution in [0.5, 0.6) is 0 Å². The molecule has 0 aliphatic heterocycles. The molecule has 1 heterocycles. The summed E-state index contributed by atoms with van der Waals surface area (Å²) in [6.45, 7) is 3.78. The van der Waals surface area contributed by atoms with Crippen LogP contribution in [0.3, 0.4) is 0 Å². The summed E-state index contributed by atoms with van der Waals surface area (Å²) in [4.78, 5) is 8.19. The van der Waals surface area contributed by atoms with E-state index in [1.807, 2.05) is 13.8 Å². The molecule has 0 saturated heterocycles. The molecule has 0 aromatic carbocycles. The van der Waals surface area contributed by atoms with Gasteiger partial charge in [0.2, 0.25) is 0 Å². The van der Waals surface area contributed by atoms with E-state index in [4.69, 9.17) is 5.11 Å². The van der Waals surface area contributed by atoms with E-state index >= 15 is 0 Å². The number of aliphatic hydroxyl groups excluding tert-OH is 1. The van der Waals surface area contributed by atoms with Crippen LogP contribution in [0.15, 0.2) is 10.7 Å². The summed E-state index contributed by atoms with van der Waals surface area (Å²) in [6, 6.07) is -0.00870. The first-order valence-electron chi connectivity index (χ1n) is 4.00. The number of nitrogens with one attached hydrogen (secondary N) is 1. The van der Waals surface area contributed by atoms with E-state index in [-0.39, 0.29) is 12.6 Å². The fourth-order valence-electron chi connectivity index (χ4n) is 0.836. The Kier molecular flexibility index (Phi) is 3.62. The number of hydrogen-bond acceptors (Lipinski definition) is 4. The van der Waals surface area contributed by atoms with E-state index in [9.17, 15) is 0 Å². The Morgan fingerprint density at radius 2 is 2.38 bits per heavy atom. The number of aromatic nitrogens is 2. The minimum Gasteiger partial charge on any atom is -0.394 e. The molecule has 0 fully saturated rings. The summed E-state index contributed by atoms with van der Waals surface area (Å²) in [5, 5.41) is 11.9. The van der Waals surface area contributed by atoms with Gasteiger partial charge in [0.05, 0.1) is 11.1 Å². The monoisotopic (exact) mass is 245 g/mol. The molecule has 0 amide bonds. The molecule has 0 bridgehead atoms. The van der Waals surface area contributed by atoms with E-state index in [1.54, 1.807) is 6.20 Å². The second-order valence-electron chi connectivity index (χ2n) is 2.84. The van der Waals surface area contributed by atoms with Crippen molar-refractivity contribution in [3.05, 3.63) is 16.5 Å². The number of aryl methyl sites for hydroxylation is 1.